The Labute approximate surface area is 97.8 Å². The number of unbranched alkanes of at least 4 members (excludes halogenated alkanes) is 1. The van der Waals surface area contributed by atoms with E-state index >= 15 is 0 Å². The van der Waals surface area contributed by atoms with E-state index in [1.165, 1.54) is 7.11 Å². The van der Waals surface area contributed by atoms with Gasteiger partial charge in [0.25, 0.3) is 0 Å². The molecular formula is C11H20O4Si. The van der Waals surface area contributed by atoms with Crippen LogP contribution in [0, 0.1) is 0 Å². The van der Waals surface area contributed by atoms with Gasteiger partial charge < -0.3 is 9.16 Å². The Morgan fingerprint density at radius 2 is 1.75 bits per heavy atom. The number of methoxy groups -OCH3 is 1. The third-order valence-electron chi connectivity index (χ3n) is 2.07. The Balaban J connectivity index is 4.12. The van der Waals surface area contributed by atoms with E-state index in [9.17, 15) is 9.59 Å². The van der Waals surface area contributed by atoms with Crippen LogP contribution in [0.25, 0.3) is 0 Å². The second kappa shape index (κ2) is 7.22. The topological polar surface area (TPSA) is 52.6 Å². The molecule has 0 unspecified atom stereocenters. The molecule has 0 saturated carbocycles. The summed E-state index contributed by atoms with van der Waals surface area (Å²) in [5.74, 6) is -1.01. The van der Waals surface area contributed by atoms with Gasteiger partial charge in [-0.2, -0.15) is 0 Å². The molecule has 4 nitrogen and oxygen atoms in total. The molecule has 0 aliphatic heterocycles. The van der Waals surface area contributed by atoms with Crippen molar-refractivity contribution in [1.82, 2.24) is 0 Å². The quantitative estimate of drug-likeness (QED) is 0.408. The maximum Gasteiger partial charge on any atom is 0.330 e. The number of hydrogen-bond acceptors (Lipinski definition) is 4. The number of esters is 1. The van der Waals surface area contributed by atoms with Gasteiger partial charge in [0.2, 0.25) is 8.32 Å². The molecule has 0 heterocycles. The van der Waals surface area contributed by atoms with Gasteiger partial charge in [0.05, 0.1) is 7.11 Å². The molecule has 0 aromatic rings. The van der Waals surface area contributed by atoms with Crippen molar-refractivity contribution in [2.45, 2.75) is 38.9 Å². The molecule has 0 spiro atoms. The van der Waals surface area contributed by atoms with Crippen LogP contribution in [-0.4, -0.2) is 27.4 Å². The van der Waals surface area contributed by atoms with Crippen LogP contribution in [0.1, 0.15) is 19.8 Å². The van der Waals surface area contributed by atoms with Gasteiger partial charge in [0.15, 0.2) is 0 Å². The number of ether oxygens (including phenoxy) is 1. The first-order valence-electron chi connectivity index (χ1n) is 5.40. The summed E-state index contributed by atoms with van der Waals surface area (Å²) < 4.78 is 9.71. The lowest BCUT2D eigenvalue weighted by atomic mass is 10.4. The molecule has 0 amide bonds. The van der Waals surface area contributed by atoms with E-state index in [2.05, 4.69) is 11.7 Å². The van der Waals surface area contributed by atoms with Crippen molar-refractivity contribution in [3.63, 3.8) is 0 Å². The number of carbonyl (C=O) groups is 2. The first-order valence-corrected chi connectivity index (χ1v) is 8.52. The van der Waals surface area contributed by atoms with Crippen molar-refractivity contribution in [2.24, 2.45) is 0 Å². The zero-order valence-corrected chi connectivity index (χ0v) is 11.4. The van der Waals surface area contributed by atoms with Crippen LogP contribution in [0.2, 0.25) is 19.1 Å². The molecule has 92 valence electrons. The molecule has 0 bridgehead atoms. The van der Waals surface area contributed by atoms with Crippen LogP contribution >= 0.6 is 0 Å². The van der Waals surface area contributed by atoms with E-state index in [1.54, 1.807) is 0 Å². The van der Waals surface area contributed by atoms with Crippen molar-refractivity contribution in [3.8, 4) is 0 Å². The fraction of sp³-hybridized carbons (Fsp3) is 0.636. The highest BCUT2D eigenvalue weighted by atomic mass is 28.4. The van der Waals surface area contributed by atoms with Crippen molar-refractivity contribution in [1.29, 1.82) is 0 Å². The molecule has 0 aliphatic rings. The second-order valence-electron chi connectivity index (χ2n) is 4.14. The lowest BCUT2D eigenvalue weighted by Crippen LogP contribution is -2.32. The summed E-state index contributed by atoms with van der Waals surface area (Å²) in [6, 6.07) is 0.946. The Kier molecular flexibility index (Phi) is 6.72. The Hall–Kier alpha value is -1.10. The largest absolute Gasteiger partial charge is 0.517 e. The van der Waals surface area contributed by atoms with Gasteiger partial charge in [-0.15, -0.1) is 0 Å². The minimum absolute atomic E-state index is 0.460. The number of rotatable bonds is 6. The highest BCUT2D eigenvalue weighted by molar-refractivity contribution is 6.72. The molecule has 0 aromatic carbocycles. The molecule has 0 saturated heterocycles. The molecule has 0 fully saturated rings. The average molecular weight is 244 g/mol. The van der Waals surface area contributed by atoms with Crippen LogP contribution in [0.15, 0.2) is 12.2 Å². The fourth-order valence-electron chi connectivity index (χ4n) is 1.16. The van der Waals surface area contributed by atoms with Gasteiger partial charge in [0.1, 0.15) is 0 Å². The van der Waals surface area contributed by atoms with Gasteiger partial charge in [0, 0.05) is 12.2 Å². The van der Waals surface area contributed by atoms with Crippen molar-refractivity contribution < 1.29 is 18.8 Å². The monoisotopic (exact) mass is 244 g/mol. The number of carbonyl (C=O) groups excluding carboxylic acids is 2. The van der Waals surface area contributed by atoms with Gasteiger partial charge in [-0.25, -0.2) is 9.59 Å². The Morgan fingerprint density at radius 1 is 1.19 bits per heavy atom. The highest BCUT2D eigenvalue weighted by Gasteiger charge is 2.25. The molecule has 0 radical (unpaired) electrons. The van der Waals surface area contributed by atoms with Gasteiger partial charge in [-0.1, -0.05) is 19.8 Å². The van der Waals surface area contributed by atoms with Gasteiger partial charge in [-0.3, -0.25) is 0 Å². The van der Waals surface area contributed by atoms with Crippen molar-refractivity contribution in [3.05, 3.63) is 12.2 Å². The normalized spacial score (nSPS) is 11.5. The van der Waals surface area contributed by atoms with Crippen LogP contribution in [0.5, 0.6) is 0 Å². The molecule has 0 atom stereocenters. The fourth-order valence-corrected chi connectivity index (χ4v) is 3.08. The van der Waals surface area contributed by atoms with E-state index in [-0.39, 0.29) is 0 Å². The second-order valence-corrected chi connectivity index (χ2v) is 8.36. The molecule has 16 heavy (non-hydrogen) atoms. The smallest absolute Gasteiger partial charge is 0.330 e. The number of hydrogen-bond donors (Lipinski definition) is 0. The van der Waals surface area contributed by atoms with E-state index in [1.807, 2.05) is 13.1 Å². The highest BCUT2D eigenvalue weighted by Crippen LogP contribution is 2.15. The molecule has 0 N–H and O–H groups in total. The lowest BCUT2D eigenvalue weighted by Gasteiger charge is -2.21. The van der Waals surface area contributed by atoms with Crippen LogP contribution < -0.4 is 0 Å². The van der Waals surface area contributed by atoms with Gasteiger partial charge >= 0.3 is 11.9 Å². The Morgan fingerprint density at radius 3 is 2.25 bits per heavy atom. The lowest BCUT2D eigenvalue weighted by molar-refractivity contribution is -0.136. The summed E-state index contributed by atoms with van der Waals surface area (Å²) in [6.07, 6.45) is 4.35. The van der Waals surface area contributed by atoms with E-state index < -0.39 is 20.3 Å². The standard InChI is InChI=1S/C11H20O4Si/c1-5-6-9-16(3,4)15-11(13)8-7-10(12)14-2/h7-8H,5-6,9H2,1-4H3. The molecule has 5 heteroatoms. The molecule has 0 aliphatic carbocycles. The predicted octanol–water partition coefficient (Wildman–Crippen LogP) is 2.26. The third kappa shape index (κ3) is 7.22. The first-order chi connectivity index (χ1) is 7.41. The van der Waals surface area contributed by atoms with Gasteiger partial charge in [-0.05, 0) is 19.1 Å². The van der Waals surface area contributed by atoms with E-state index in [0.717, 1.165) is 31.0 Å². The third-order valence-corrected chi connectivity index (χ3v) is 4.38. The van der Waals surface area contributed by atoms with E-state index in [4.69, 9.17) is 4.43 Å². The molecular weight excluding hydrogens is 224 g/mol. The van der Waals surface area contributed by atoms with Crippen molar-refractivity contribution in [2.75, 3.05) is 7.11 Å². The van der Waals surface area contributed by atoms with Crippen LogP contribution in [0.4, 0.5) is 0 Å². The van der Waals surface area contributed by atoms with E-state index in [0.29, 0.717) is 0 Å². The summed E-state index contributed by atoms with van der Waals surface area (Å²) in [5, 5.41) is 0. The summed E-state index contributed by atoms with van der Waals surface area (Å²) in [5.41, 5.74) is 0. The molecule has 0 aromatic heterocycles. The predicted molar refractivity (Wildman–Crippen MR) is 64.4 cm³/mol. The minimum Gasteiger partial charge on any atom is -0.517 e. The summed E-state index contributed by atoms with van der Waals surface area (Å²) >= 11 is 0. The van der Waals surface area contributed by atoms with Crippen LogP contribution in [-0.2, 0) is 18.8 Å². The average Bonchev–Trinajstić information content (AvgIpc) is 2.22. The zero-order valence-electron chi connectivity index (χ0n) is 10.4. The maximum atomic E-state index is 11.4. The zero-order chi connectivity index (χ0) is 12.6. The Bertz CT molecular complexity index is 271. The SMILES string of the molecule is CCCC[Si](C)(C)OC(=O)C=CC(=O)OC. The summed E-state index contributed by atoms with van der Waals surface area (Å²) in [4.78, 5) is 22.1. The van der Waals surface area contributed by atoms with Crippen molar-refractivity contribution >= 4 is 20.3 Å². The maximum absolute atomic E-state index is 11.4. The first kappa shape index (κ1) is 14.9. The molecule has 0 rings (SSSR count). The minimum atomic E-state index is -1.92. The van der Waals surface area contributed by atoms with Crippen LogP contribution in [0.3, 0.4) is 0 Å². The summed E-state index contributed by atoms with van der Waals surface area (Å²) in [6.45, 7) is 6.09. The summed E-state index contributed by atoms with van der Waals surface area (Å²) in [7, 11) is -0.661.